The molecule has 3 heterocycles. The van der Waals surface area contributed by atoms with E-state index in [0.717, 1.165) is 64.7 Å². The van der Waals surface area contributed by atoms with Crippen LogP contribution in [0.5, 0.6) is 11.6 Å². The number of hydrogen-bond acceptors (Lipinski definition) is 7. The van der Waals surface area contributed by atoms with Gasteiger partial charge in [-0.3, -0.25) is 4.79 Å². The summed E-state index contributed by atoms with van der Waals surface area (Å²) in [6.45, 7) is 3.88. The second-order valence-electron chi connectivity index (χ2n) is 9.61. The Bertz CT molecular complexity index is 1010. The molecule has 0 bridgehead atoms. The molecular weight excluding hydrogens is 411 g/mol. The average molecular weight is 439 g/mol. The lowest BCUT2D eigenvalue weighted by Gasteiger charge is -2.52. The molecule has 0 atom stereocenters. The van der Waals surface area contributed by atoms with Gasteiger partial charge in [0, 0.05) is 30.6 Å². The fourth-order valence-electron chi connectivity index (χ4n) is 5.06. The lowest BCUT2D eigenvalue weighted by molar-refractivity contribution is 0.0726. The molecule has 2 saturated carbocycles. The van der Waals surface area contributed by atoms with Gasteiger partial charge in [0.05, 0.1) is 5.56 Å². The Morgan fingerprint density at radius 3 is 2.56 bits per heavy atom. The number of ether oxygens (including phenoxy) is 1. The number of nitrogens with one attached hydrogen (secondary N) is 1. The van der Waals surface area contributed by atoms with Crippen molar-refractivity contribution in [3.05, 3.63) is 35.9 Å². The van der Waals surface area contributed by atoms with E-state index in [-0.39, 0.29) is 29.4 Å². The van der Waals surface area contributed by atoms with Crippen molar-refractivity contribution < 1.29 is 13.9 Å². The van der Waals surface area contributed by atoms with Crippen LogP contribution in [0.3, 0.4) is 0 Å². The van der Waals surface area contributed by atoms with Crippen molar-refractivity contribution in [2.24, 2.45) is 5.41 Å². The Morgan fingerprint density at radius 1 is 1.16 bits per heavy atom. The van der Waals surface area contributed by atoms with Crippen molar-refractivity contribution in [2.45, 2.75) is 50.6 Å². The van der Waals surface area contributed by atoms with Gasteiger partial charge >= 0.3 is 0 Å². The minimum absolute atomic E-state index is 0.166. The summed E-state index contributed by atoms with van der Waals surface area (Å²) in [5.41, 5.74) is 0.554. The molecule has 8 nitrogen and oxygen atoms in total. The molecule has 6 rings (SSSR count). The van der Waals surface area contributed by atoms with Crippen molar-refractivity contribution in [1.82, 2.24) is 25.4 Å². The average Bonchev–Trinajstić information content (AvgIpc) is 3.70. The first-order valence-corrected chi connectivity index (χ1v) is 11.6. The number of anilines is 1. The minimum Gasteiger partial charge on any atom is -0.434 e. The second kappa shape index (κ2) is 7.65. The summed E-state index contributed by atoms with van der Waals surface area (Å²) < 4.78 is 20.2. The quantitative estimate of drug-likeness (QED) is 0.743. The highest BCUT2D eigenvalue weighted by molar-refractivity contribution is 5.97. The van der Waals surface area contributed by atoms with Crippen LogP contribution in [0.1, 0.15) is 48.9 Å². The molecule has 0 radical (unpaired) electrons. The maximum Gasteiger partial charge on any atom is 0.282 e. The standard InChI is InChI=1S/C23H27FN6O2/c24-15-1-6-19(18(11-15)22(31)30(16-2-3-16)17-4-5-17)32-21-20(26-14-27-28-21)29-12-23(13-29)7-9-25-10-8-23/h1,6,11,14,16-17,25H,2-5,7-10,12-13H2. The van der Waals surface area contributed by atoms with Gasteiger partial charge in [-0.25, -0.2) is 9.37 Å². The van der Waals surface area contributed by atoms with Gasteiger partial charge in [0.25, 0.3) is 11.8 Å². The number of amides is 1. The number of benzene rings is 1. The van der Waals surface area contributed by atoms with E-state index >= 15 is 0 Å². The number of rotatable bonds is 6. The molecule has 4 aliphatic rings. The molecule has 2 saturated heterocycles. The van der Waals surface area contributed by atoms with Crippen LogP contribution in [-0.4, -0.2) is 64.3 Å². The van der Waals surface area contributed by atoms with E-state index in [2.05, 4.69) is 25.4 Å². The van der Waals surface area contributed by atoms with Crippen LogP contribution in [0.15, 0.2) is 24.5 Å². The van der Waals surface area contributed by atoms with Crippen LogP contribution >= 0.6 is 0 Å². The summed E-state index contributed by atoms with van der Waals surface area (Å²) in [6, 6.07) is 4.61. The third-order valence-electron chi connectivity index (χ3n) is 7.08. The first kappa shape index (κ1) is 19.8. The number of hydrogen-bond donors (Lipinski definition) is 1. The molecule has 168 valence electrons. The maximum absolute atomic E-state index is 14.1. The maximum atomic E-state index is 14.1. The molecule has 32 heavy (non-hydrogen) atoms. The van der Waals surface area contributed by atoms with E-state index < -0.39 is 5.82 Å². The summed E-state index contributed by atoms with van der Waals surface area (Å²) in [5.74, 6) is 0.540. The minimum atomic E-state index is -0.458. The van der Waals surface area contributed by atoms with Crippen molar-refractivity contribution >= 4 is 11.7 Å². The Balaban J connectivity index is 1.26. The first-order valence-electron chi connectivity index (χ1n) is 11.6. The molecule has 0 unspecified atom stereocenters. The Labute approximate surface area is 186 Å². The number of carbonyl (C=O) groups is 1. The predicted octanol–water partition coefficient (Wildman–Crippen LogP) is 2.76. The van der Waals surface area contributed by atoms with E-state index in [1.807, 2.05) is 4.90 Å². The topological polar surface area (TPSA) is 83.5 Å². The zero-order valence-electron chi connectivity index (χ0n) is 18.0. The molecule has 1 spiro atoms. The lowest BCUT2D eigenvalue weighted by Crippen LogP contribution is -2.60. The van der Waals surface area contributed by atoms with Crippen LogP contribution in [0.4, 0.5) is 10.2 Å². The van der Waals surface area contributed by atoms with Gasteiger partial charge in [0.15, 0.2) is 5.82 Å². The molecule has 2 aliphatic carbocycles. The number of nitrogens with zero attached hydrogens (tertiary/aromatic N) is 5. The normalized spacial score (nSPS) is 21.8. The zero-order valence-corrected chi connectivity index (χ0v) is 18.0. The number of aromatic nitrogens is 3. The van der Waals surface area contributed by atoms with Crippen molar-refractivity contribution in [3.8, 4) is 11.6 Å². The number of halogens is 1. The van der Waals surface area contributed by atoms with Crippen molar-refractivity contribution in [1.29, 1.82) is 0 Å². The molecule has 4 fully saturated rings. The van der Waals surface area contributed by atoms with E-state index in [9.17, 15) is 9.18 Å². The van der Waals surface area contributed by atoms with Crippen LogP contribution in [0.2, 0.25) is 0 Å². The first-order chi connectivity index (χ1) is 15.6. The van der Waals surface area contributed by atoms with Gasteiger partial charge in [-0.1, -0.05) is 0 Å². The lowest BCUT2D eigenvalue weighted by atomic mass is 9.72. The fraction of sp³-hybridized carbons (Fsp3) is 0.565. The van der Waals surface area contributed by atoms with E-state index in [0.29, 0.717) is 17.0 Å². The molecule has 9 heteroatoms. The SMILES string of the molecule is O=C(c1cc(F)ccc1Oc1nncnc1N1CC2(CCNCC2)C1)N(C1CC1)C1CC1. The summed E-state index contributed by atoms with van der Waals surface area (Å²) in [5, 5.41) is 11.5. The molecule has 2 aliphatic heterocycles. The van der Waals surface area contributed by atoms with Gasteiger partial charge in [0.1, 0.15) is 17.9 Å². The largest absolute Gasteiger partial charge is 0.434 e. The summed E-state index contributed by atoms with van der Waals surface area (Å²) in [7, 11) is 0. The molecular formula is C23H27FN6O2. The van der Waals surface area contributed by atoms with Crippen LogP contribution in [-0.2, 0) is 0 Å². The van der Waals surface area contributed by atoms with Gasteiger partial charge in [-0.2, -0.15) is 0 Å². The molecule has 1 amide bonds. The Hall–Kier alpha value is -2.81. The highest BCUT2D eigenvalue weighted by atomic mass is 19.1. The van der Waals surface area contributed by atoms with E-state index in [1.54, 1.807) is 0 Å². The monoisotopic (exact) mass is 438 g/mol. The van der Waals surface area contributed by atoms with Gasteiger partial charge < -0.3 is 19.9 Å². The summed E-state index contributed by atoms with van der Waals surface area (Å²) in [4.78, 5) is 21.9. The van der Waals surface area contributed by atoms with Gasteiger partial charge in [-0.15, -0.1) is 10.2 Å². The third kappa shape index (κ3) is 3.68. The highest BCUT2D eigenvalue weighted by Gasteiger charge is 2.45. The number of piperidine rings is 1. The Kier molecular flexibility index (Phi) is 4.74. The van der Waals surface area contributed by atoms with Gasteiger partial charge in [-0.05, 0) is 69.8 Å². The predicted molar refractivity (Wildman–Crippen MR) is 115 cm³/mol. The van der Waals surface area contributed by atoms with E-state index in [1.165, 1.54) is 24.5 Å². The van der Waals surface area contributed by atoms with Crippen LogP contribution in [0.25, 0.3) is 0 Å². The smallest absolute Gasteiger partial charge is 0.282 e. The van der Waals surface area contributed by atoms with Crippen LogP contribution < -0.4 is 15.0 Å². The van der Waals surface area contributed by atoms with Gasteiger partial charge in [0.2, 0.25) is 0 Å². The summed E-state index contributed by atoms with van der Waals surface area (Å²) in [6.07, 6.45) is 7.75. The summed E-state index contributed by atoms with van der Waals surface area (Å²) >= 11 is 0. The zero-order chi connectivity index (χ0) is 21.7. The fourth-order valence-corrected chi connectivity index (χ4v) is 5.06. The molecule has 1 N–H and O–H groups in total. The Morgan fingerprint density at radius 2 is 1.88 bits per heavy atom. The molecule has 1 aromatic carbocycles. The second-order valence-corrected chi connectivity index (χ2v) is 9.61. The highest BCUT2D eigenvalue weighted by Crippen LogP contribution is 2.44. The van der Waals surface area contributed by atoms with Crippen molar-refractivity contribution in [2.75, 3.05) is 31.1 Å². The number of carbonyl (C=O) groups excluding carboxylic acids is 1. The van der Waals surface area contributed by atoms with E-state index in [4.69, 9.17) is 4.74 Å². The van der Waals surface area contributed by atoms with Crippen molar-refractivity contribution in [3.63, 3.8) is 0 Å². The molecule has 2 aromatic rings. The molecule has 1 aromatic heterocycles. The van der Waals surface area contributed by atoms with Crippen LogP contribution in [0, 0.1) is 11.2 Å². The third-order valence-corrected chi connectivity index (χ3v) is 7.08.